The number of amides is 2. The Kier molecular flexibility index (Phi) is 4.74. The average molecular weight is 276 g/mol. The van der Waals surface area contributed by atoms with Crippen molar-refractivity contribution < 1.29 is 14.7 Å². The SMILES string of the molecule is CN(CC(=O)N1CCC[C@@H]1CO)C(=O)c1ccccc1. The number of nitrogens with zero attached hydrogens (tertiary/aromatic N) is 2. The van der Waals surface area contributed by atoms with Crippen LogP contribution in [0.3, 0.4) is 0 Å². The second-order valence-corrected chi connectivity index (χ2v) is 5.09. The van der Waals surface area contributed by atoms with Crippen molar-refractivity contribution >= 4 is 11.8 Å². The number of benzene rings is 1. The summed E-state index contributed by atoms with van der Waals surface area (Å²) in [6.07, 6.45) is 1.74. The van der Waals surface area contributed by atoms with E-state index in [2.05, 4.69) is 0 Å². The molecule has 0 aromatic heterocycles. The van der Waals surface area contributed by atoms with Gasteiger partial charge in [0, 0.05) is 19.2 Å². The molecule has 1 aliphatic rings. The Morgan fingerprint density at radius 1 is 1.35 bits per heavy atom. The van der Waals surface area contributed by atoms with Gasteiger partial charge in [-0.2, -0.15) is 0 Å². The maximum Gasteiger partial charge on any atom is 0.254 e. The van der Waals surface area contributed by atoms with Crippen molar-refractivity contribution in [1.82, 2.24) is 9.80 Å². The number of aliphatic hydroxyl groups excluding tert-OH is 1. The molecule has 1 N–H and O–H groups in total. The van der Waals surface area contributed by atoms with Crippen LogP contribution in [0.15, 0.2) is 30.3 Å². The summed E-state index contributed by atoms with van der Waals surface area (Å²) in [5.74, 6) is -0.271. The van der Waals surface area contributed by atoms with E-state index in [4.69, 9.17) is 0 Å². The molecule has 20 heavy (non-hydrogen) atoms. The zero-order chi connectivity index (χ0) is 14.5. The lowest BCUT2D eigenvalue weighted by molar-refractivity contribution is -0.133. The Labute approximate surface area is 118 Å². The zero-order valence-corrected chi connectivity index (χ0v) is 11.7. The molecule has 1 aliphatic heterocycles. The summed E-state index contributed by atoms with van der Waals surface area (Å²) >= 11 is 0. The van der Waals surface area contributed by atoms with Gasteiger partial charge in [0.15, 0.2) is 0 Å². The molecular weight excluding hydrogens is 256 g/mol. The highest BCUT2D eigenvalue weighted by atomic mass is 16.3. The highest BCUT2D eigenvalue weighted by Crippen LogP contribution is 2.17. The predicted molar refractivity (Wildman–Crippen MR) is 75.2 cm³/mol. The quantitative estimate of drug-likeness (QED) is 0.882. The molecule has 0 radical (unpaired) electrons. The number of aliphatic hydroxyl groups is 1. The normalized spacial score (nSPS) is 18.1. The van der Waals surface area contributed by atoms with Crippen molar-refractivity contribution in [2.24, 2.45) is 0 Å². The first-order chi connectivity index (χ1) is 9.63. The van der Waals surface area contributed by atoms with Crippen LogP contribution in [0.2, 0.25) is 0 Å². The van der Waals surface area contributed by atoms with Crippen molar-refractivity contribution in [3.8, 4) is 0 Å². The van der Waals surface area contributed by atoms with Crippen molar-refractivity contribution in [3.05, 3.63) is 35.9 Å². The van der Waals surface area contributed by atoms with E-state index in [9.17, 15) is 14.7 Å². The molecule has 2 rings (SSSR count). The molecule has 0 saturated carbocycles. The van der Waals surface area contributed by atoms with Crippen LogP contribution in [-0.2, 0) is 4.79 Å². The monoisotopic (exact) mass is 276 g/mol. The number of rotatable bonds is 4. The van der Waals surface area contributed by atoms with Crippen LogP contribution in [0.5, 0.6) is 0 Å². The smallest absolute Gasteiger partial charge is 0.254 e. The first-order valence-corrected chi connectivity index (χ1v) is 6.84. The van der Waals surface area contributed by atoms with Crippen molar-refractivity contribution in [2.45, 2.75) is 18.9 Å². The van der Waals surface area contributed by atoms with Gasteiger partial charge in [0.1, 0.15) is 0 Å². The maximum absolute atomic E-state index is 12.2. The fourth-order valence-corrected chi connectivity index (χ4v) is 2.52. The molecule has 0 unspecified atom stereocenters. The molecule has 1 heterocycles. The molecule has 1 fully saturated rings. The van der Waals surface area contributed by atoms with Gasteiger partial charge in [0.2, 0.25) is 5.91 Å². The van der Waals surface area contributed by atoms with E-state index in [1.54, 1.807) is 36.2 Å². The standard InChI is InChI=1S/C15H20N2O3/c1-16(15(20)12-6-3-2-4-7-12)10-14(19)17-9-5-8-13(17)11-18/h2-4,6-7,13,18H,5,8-11H2,1H3/t13-/m1/s1. The molecule has 0 aliphatic carbocycles. The first kappa shape index (κ1) is 14.5. The summed E-state index contributed by atoms with van der Waals surface area (Å²) in [6.45, 7) is 0.698. The number of likely N-dealkylation sites (tertiary alicyclic amines) is 1. The van der Waals surface area contributed by atoms with Crippen LogP contribution in [0.1, 0.15) is 23.2 Å². The van der Waals surface area contributed by atoms with E-state index in [-0.39, 0.29) is 31.0 Å². The summed E-state index contributed by atoms with van der Waals surface area (Å²) in [5.41, 5.74) is 0.572. The van der Waals surface area contributed by atoms with E-state index in [0.29, 0.717) is 12.1 Å². The number of hydrogen-bond donors (Lipinski definition) is 1. The van der Waals surface area contributed by atoms with E-state index in [1.807, 2.05) is 6.07 Å². The van der Waals surface area contributed by atoms with Gasteiger partial charge in [0.25, 0.3) is 5.91 Å². The minimum atomic E-state index is -0.168. The van der Waals surface area contributed by atoms with Crippen molar-refractivity contribution in [1.29, 1.82) is 0 Å². The summed E-state index contributed by atoms with van der Waals surface area (Å²) in [7, 11) is 1.62. The highest BCUT2D eigenvalue weighted by Gasteiger charge is 2.29. The minimum Gasteiger partial charge on any atom is -0.394 e. The highest BCUT2D eigenvalue weighted by molar-refractivity contribution is 5.96. The third-order valence-corrected chi connectivity index (χ3v) is 3.65. The molecule has 1 saturated heterocycles. The molecule has 5 nitrogen and oxygen atoms in total. The predicted octanol–water partition coefficient (Wildman–Crippen LogP) is 0.742. The van der Waals surface area contributed by atoms with Gasteiger partial charge in [-0.1, -0.05) is 18.2 Å². The third kappa shape index (κ3) is 3.17. The van der Waals surface area contributed by atoms with Crippen LogP contribution in [0, 0.1) is 0 Å². The van der Waals surface area contributed by atoms with Gasteiger partial charge in [-0.3, -0.25) is 9.59 Å². The summed E-state index contributed by atoms with van der Waals surface area (Å²) < 4.78 is 0. The van der Waals surface area contributed by atoms with Gasteiger partial charge in [-0.15, -0.1) is 0 Å². The van der Waals surface area contributed by atoms with Crippen LogP contribution in [0.25, 0.3) is 0 Å². The minimum absolute atomic E-state index is 0.0118. The molecule has 5 heteroatoms. The Morgan fingerprint density at radius 2 is 2.05 bits per heavy atom. The number of likely N-dealkylation sites (N-methyl/N-ethyl adjacent to an activating group) is 1. The topological polar surface area (TPSA) is 60.9 Å². The largest absolute Gasteiger partial charge is 0.394 e. The molecule has 1 aromatic carbocycles. The van der Waals surface area contributed by atoms with E-state index in [0.717, 1.165) is 12.8 Å². The van der Waals surface area contributed by atoms with Crippen LogP contribution in [-0.4, -0.2) is 59.5 Å². The van der Waals surface area contributed by atoms with Crippen molar-refractivity contribution in [2.75, 3.05) is 26.7 Å². The van der Waals surface area contributed by atoms with Crippen LogP contribution >= 0.6 is 0 Å². The average Bonchev–Trinajstić information content (AvgIpc) is 2.95. The van der Waals surface area contributed by atoms with Gasteiger partial charge in [-0.25, -0.2) is 0 Å². The molecule has 2 amide bonds. The lowest BCUT2D eigenvalue weighted by Gasteiger charge is -2.26. The van der Waals surface area contributed by atoms with E-state index in [1.165, 1.54) is 4.90 Å². The Morgan fingerprint density at radius 3 is 2.70 bits per heavy atom. The number of carbonyl (C=O) groups is 2. The van der Waals surface area contributed by atoms with Gasteiger partial charge >= 0.3 is 0 Å². The van der Waals surface area contributed by atoms with E-state index < -0.39 is 0 Å². The van der Waals surface area contributed by atoms with Gasteiger partial charge in [0.05, 0.1) is 19.2 Å². The maximum atomic E-state index is 12.2. The second kappa shape index (κ2) is 6.52. The van der Waals surface area contributed by atoms with Gasteiger partial charge < -0.3 is 14.9 Å². The summed E-state index contributed by atoms with van der Waals surface area (Å²) in [5, 5.41) is 9.23. The summed E-state index contributed by atoms with van der Waals surface area (Å²) in [4.78, 5) is 27.4. The zero-order valence-electron chi connectivity index (χ0n) is 11.7. The Balaban J connectivity index is 1.96. The van der Waals surface area contributed by atoms with Crippen molar-refractivity contribution in [3.63, 3.8) is 0 Å². The lowest BCUT2D eigenvalue weighted by atomic mass is 10.2. The third-order valence-electron chi connectivity index (χ3n) is 3.65. The molecule has 108 valence electrons. The van der Waals surface area contributed by atoms with Gasteiger partial charge in [-0.05, 0) is 25.0 Å². The fraction of sp³-hybridized carbons (Fsp3) is 0.467. The van der Waals surface area contributed by atoms with Crippen LogP contribution in [0.4, 0.5) is 0 Å². The summed E-state index contributed by atoms with van der Waals surface area (Å²) in [6, 6.07) is 8.81. The molecule has 1 aromatic rings. The van der Waals surface area contributed by atoms with E-state index >= 15 is 0 Å². The first-order valence-electron chi connectivity index (χ1n) is 6.84. The second-order valence-electron chi connectivity index (χ2n) is 5.09. The molecule has 1 atom stereocenters. The number of hydrogen-bond acceptors (Lipinski definition) is 3. The number of carbonyl (C=O) groups excluding carboxylic acids is 2. The Hall–Kier alpha value is -1.88. The Bertz CT molecular complexity index is 475. The molecule has 0 spiro atoms. The fourth-order valence-electron chi connectivity index (χ4n) is 2.52. The molecular formula is C15H20N2O3. The molecule has 0 bridgehead atoms. The lowest BCUT2D eigenvalue weighted by Crippen LogP contribution is -2.44. The van der Waals surface area contributed by atoms with Crippen LogP contribution < -0.4 is 0 Å².